The van der Waals surface area contributed by atoms with E-state index in [1.807, 2.05) is 13.0 Å². The quantitative estimate of drug-likeness (QED) is 0.623. The summed E-state index contributed by atoms with van der Waals surface area (Å²) in [6, 6.07) is 3.68. The SMILES string of the molecule is C#CCn1nnnc1-c1cnc2c(C)cccn2c1=O. The van der Waals surface area contributed by atoms with Gasteiger partial charge in [-0.15, -0.1) is 11.5 Å². The molecule has 0 saturated carbocycles. The van der Waals surface area contributed by atoms with Crippen molar-refractivity contribution in [2.45, 2.75) is 13.5 Å². The summed E-state index contributed by atoms with van der Waals surface area (Å²) in [7, 11) is 0. The van der Waals surface area contributed by atoms with Crippen molar-refractivity contribution in [3.05, 3.63) is 40.4 Å². The average Bonchev–Trinajstić information content (AvgIpc) is 2.89. The Hall–Kier alpha value is -3.01. The van der Waals surface area contributed by atoms with Crippen molar-refractivity contribution >= 4 is 5.65 Å². The lowest BCUT2D eigenvalue weighted by Crippen LogP contribution is -2.19. The minimum Gasteiger partial charge on any atom is -0.268 e. The maximum Gasteiger partial charge on any atom is 0.269 e. The number of fused-ring (bicyclic) bond motifs is 1. The highest BCUT2D eigenvalue weighted by Gasteiger charge is 2.14. The zero-order chi connectivity index (χ0) is 14.1. The fourth-order valence-electron chi connectivity index (χ4n) is 1.99. The topological polar surface area (TPSA) is 78.0 Å². The second kappa shape index (κ2) is 4.59. The van der Waals surface area contributed by atoms with Gasteiger partial charge in [-0.1, -0.05) is 12.0 Å². The molecule has 3 rings (SSSR count). The third-order valence-corrected chi connectivity index (χ3v) is 2.94. The van der Waals surface area contributed by atoms with Crippen LogP contribution in [0.2, 0.25) is 0 Å². The first-order valence-electron chi connectivity index (χ1n) is 5.89. The van der Waals surface area contributed by atoms with Crippen molar-refractivity contribution in [1.29, 1.82) is 0 Å². The molecular formula is C13H10N6O. The largest absolute Gasteiger partial charge is 0.269 e. The summed E-state index contributed by atoms with van der Waals surface area (Å²) in [5.41, 5.74) is 1.61. The molecule has 0 aromatic carbocycles. The molecule has 0 atom stereocenters. The molecule has 0 aliphatic heterocycles. The highest BCUT2D eigenvalue weighted by Crippen LogP contribution is 2.12. The first kappa shape index (κ1) is 12.0. The number of pyridine rings is 1. The fourth-order valence-corrected chi connectivity index (χ4v) is 1.99. The van der Waals surface area contributed by atoms with Gasteiger partial charge in [0.15, 0.2) is 5.82 Å². The number of aromatic nitrogens is 6. The Kier molecular flexibility index (Phi) is 2.76. The summed E-state index contributed by atoms with van der Waals surface area (Å²) in [5.74, 6) is 2.75. The predicted molar refractivity (Wildman–Crippen MR) is 71.8 cm³/mol. The minimum atomic E-state index is -0.230. The molecule has 0 spiro atoms. The molecule has 7 heteroatoms. The highest BCUT2D eigenvalue weighted by molar-refractivity contribution is 5.56. The molecule has 3 heterocycles. The van der Waals surface area contributed by atoms with Gasteiger partial charge in [0.05, 0.1) is 0 Å². The van der Waals surface area contributed by atoms with E-state index >= 15 is 0 Å². The lowest BCUT2D eigenvalue weighted by atomic mass is 10.2. The molecule has 3 aromatic heterocycles. The van der Waals surface area contributed by atoms with Crippen molar-refractivity contribution < 1.29 is 0 Å². The number of nitrogens with zero attached hydrogens (tertiary/aromatic N) is 6. The zero-order valence-electron chi connectivity index (χ0n) is 10.7. The van der Waals surface area contributed by atoms with Gasteiger partial charge in [0.25, 0.3) is 5.56 Å². The third kappa shape index (κ3) is 1.75. The Morgan fingerprint density at radius 2 is 2.30 bits per heavy atom. The summed E-state index contributed by atoms with van der Waals surface area (Å²) in [4.78, 5) is 16.8. The number of hydrogen-bond donors (Lipinski definition) is 0. The monoisotopic (exact) mass is 266 g/mol. The van der Waals surface area contributed by atoms with Gasteiger partial charge in [0, 0.05) is 12.4 Å². The number of tetrazole rings is 1. The lowest BCUT2D eigenvalue weighted by Gasteiger charge is -2.05. The Morgan fingerprint density at radius 3 is 3.10 bits per heavy atom. The summed E-state index contributed by atoms with van der Waals surface area (Å²) in [5, 5.41) is 11.2. The van der Waals surface area contributed by atoms with Crippen molar-refractivity contribution in [3.8, 4) is 23.7 Å². The van der Waals surface area contributed by atoms with Crippen LogP contribution in [0.15, 0.2) is 29.3 Å². The Labute approximate surface area is 113 Å². The molecule has 7 nitrogen and oxygen atoms in total. The summed E-state index contributed by atoms with van der Waals surface area (Å²) in [6.45, 7) is 2.09. The van der Waals surface area contributed by atoms with E-state index in [0.717, 1.165) is 5.56 Å². The van der Waals surface area contributed by atoms with E-state index in [9.17, 15) is 4.79 Å². The van der Waals surface area contributed by atoms with Crippen LogP contribution >= 0.6 is 0 Å². The van der Waals surface area contributed by atoms with Crippen LogP contribution in [0.3, 0.4) is 0 Å². The first-order chi connectivity index (χ1) is 9.72. The second-order valence-electron chi connectivity index (χ2n) is 4.23. The fraction of sp³-hybridized carbons (Fsp3) is 0.154. The first-order valence-corrected chi connectivity index (χ1v) is 5.89. The van der Waals surface area contributed by atoms with Gasteiger partial charge < -0.3 is 0 Å². The molecule has 0 radical (unpaired) electrons. The molecule has 0 aliphatic rings. The van der Waals surface area contributed by atoms with Gasteiger partial charge in [0.1, 0.15) is 17.8 Å². The minimum absolute atomic E-state index is 0.193. The van der Waals surface area contributed by atoms with Crippen molar-refractivity contribution in [1.82, 2.24) is 29.6 Å². The van der Waals surface area contributed by atoms with Crippen molar-refractivity contribution in [2.75, 3.05) is 0 Å². The standard InChI is InChI=1S/C13H10N6O/c1-3-6-19-12(15-16-17-19)10-8-14-11-9(2)5-4-7-18(11)13(10)20/h1,4-5,7-8H,6H2,2H3. The van der Waals surface area contributed by atoms with Gasteiger partial charge in [-0.2, -0.15) is 0 Å². The highest BCUT2D eigenvalue weighted by atomic mass is 16.1. The van der Waals surface area contributed by atoms with Crippen LogP contribution in [0, 0.1) is 19.3 Å². The molecule has 0 amide bonds. The van der Waals surface area contributed by atoms with Gasteiger partial charge in [-0.25, -0.2) is 9.67 Å². The average molecular weight is 266 g/mol. The van der Waals surface area contributed by atoms with E-state index in [0.29, 0.717) is 17.0 Å². The normalized spacial score (nSPS) is 10.6. The molecule has 3 aromatic rings. The Bertz CT molecular complexity index is 886. The third-order valence-electron chi connectivity index (χ3n) is 2.94. The molecule has 98 valence electrons. The molecule has 0 aliphatic carbocycles. The van der Waals surface area contributed by atoms with E-state index in [-0.39, 0.29) is 12.1 Å². The van der Waals surface area contributed by atoms with Crippen LogP contribution in [-0.4, -0.2) is 29.6 Å². The second-order valence-corrected chi connectivity index (χ2v) is 4.23. The van der Waals surface area contributed by atoms with Gasteiger partial charge in [-0.05, 0) is 29.0 Å². The molecule has 20 heavy (non-hydrogen) atoms. The van der Waals surface area contributed by atoms with Crippen LogP contribution in [0.1, 0.15) is 5.56 Å². The summed E-state index contributed by atoms with van der Waals surface area (Å²) >= 11 is 0. The Balaban J connectivity index is 2.28. The smallest absolute Gasteiger partial charge is 0.268 e. The molecule has 0 bridgehead atoms. The predicted octanol–water partition coefficient (Wildman–Crippen LogP) is 0.290. The van der Waals surface area contributed by atoms with E-state index in [4.69, 9.17) is 6.42 Å². The molecule has 0 saturated heterocycles. The van der Waals surface area contributed by atoms with Crippen molar-refractivity contribution in [3.63, 3.8) is 0 Å². The molecule has 0 N–H and O–H groups in total. The van der Waals surface area contributed by atoms with Crippen molar-refractivity contribution in [2.24, 2.45) is 0 Å². The van der Waals surface area contributed by atoms with E-state index in [1.165, 1.54) is 15.3 Å². The van der Waals surface area contributed by atoms with Crippen LogP contribution in [-0.2, 0) is 6.54 Å². The van der Waals surface area contributed by atoms with Crippen LogP contribution in [0.25, 0.3) is 17.0 Å². The van der Waals surface area contributed by atoms with Gasteiger partial charge in [0.2, 0.25) is 0 Å². The maximum absolute atomic E-state index is 12.5. The van der Waals surface area contributed by atoms with Gasteiger partial charge >= 0.3 is 0 Å². The number of hydrogen-bond acceptors (Lipinski definition) is 5. The van der Waals surface area contributed by atoms with Gasteiger partial charge in [-0.3, -0.25) is 9.20 Å². The Morgan fingerprint density at radius 1 is 1.45 bits per heavy atom. The van der Waals surface area contributed by atoms with Crippen LogP contribution in [0.4, 0.5) is 0 Å². The van der Waals surface area contributed by atoms with Crippen LogP contribution < -0.4 is 5.56 Å². The lowest BCUT2D eigenvalue weighted by molar-refractivity contribution is 0.675. The number of aryl methyl sites for hydroxylation is 1. The molecular weight excluding hydrogens is 256 g/mol. The zero-order valence-corrected chi connectivity index (χ0v) is 10.7. The van der Waals surface area contributed by atoms with E-state index < -0.39 is 0 Å². The molecule has 0 unspecified atom stereocenters. The van der Waals surface area contributed by atoms with E-state index in [1.54, 1.807) is 12.3 Å². The molecule has 0 fully saturated rings. The number of rotatable bonds is 2. The number of terminal acetylenes is 1. The summed E-state index contributed by atoms with van der Waals surface area (Å²) < 4.78 is 2.86. The van der Waals surface area contributed by atoms with E-state index in [2.05, 4.69) is 26.4 Å². The maximum atomic E-state index is 12.5. The summed E-state index contributed by atoms with van der Waals surface area (Å²) in [6.07, 6.45) is 8.39. The van der Waals surface area contributed by atoms with Crippen LogP contribution in [0.5, 0.6) is 0 Å².